The van der Waals surface area contributed by atoms with E-state index in [-0.39, 0.29) is 42.6 Å². The molecule has 1 amide bonds. The number of hydrogen-bond donors (Lipinski definition) is 2. The van der Waals surface area contributed by atoms with Crippen LogP contribution in [0, 0.1) is 0 Å². The molecule has 0 saturated heterocycles. The predicted molar refractivity (Wildman–Crippen MR) is 94.8 cm³/mol. The molecule has 0 bridgehead atoms. The first kappa shape index (κ1) is 23.1. The Morgan fingerprint density at radius 2 is 1.88 bits per heavy atom. The number of hydrogen-bond acceptors (Lipinski definition) is 4. The van der Waals surface area contributed by atoms with Gasteiger partial charge in [0.1, 0.15) is 12.0 Å². The van der Waals surface area contributed by atoms with Crippen molar-refractivity contribution in [2.75, 3.05) is 24.3 Å². The summed E-state index contributed by atoms with van der Waals surface area (Å²) in [6.07, 6.45) is -3.28. The molecule has 0 aliphatic carbocycles. The molecule has 5 nitrogen and oxygen atoms in total. The number of furan rings is 1. The highest BCUT2D eigenvalue weighted by Gasteiger charge is 2.31. The first-order valence-corrected chi connectivity index (χ1v) is 6.69. The van der Waals surface area contributed by atoms with Gasteiger partial charge in [-0.1, -0.05) is 0 Å². The fraction of sp³-hybridized carbons (Fsp3) is 0.267. The Labute approximate surface area is 155 Å². The first-order valence-electron chi connectivity index (χ1n) is 6.69. The van der Waals surface area contributed by atoms with E-state index >= 15 is 0 Å². The number of nitrogens with zero attached hydrogens (tertiary/aromatic N) is 1. The minimum Gasteiger partial charge on any atom is -0.467 e. The van der Waals surface area contributed by atoms with Gasteiger partial charge in [-0.2, -0.15) is 13.2 Å². The highest BCUT2D eigenvalue weighted by Crippen LogP contribution is 2.35. The summed E-state index contributed by atoms with van der Waals surface area (Å²) >= 11 is 0. The van der Waals surface area contributed by atoms with E-state index in [1.165, 1.54) is 18.4 Å². The second-order valence-corrected chi connectivity index (χ2v) is 5.08. The number of halogens is 5. The number of carbonyl (C=O) groups excluding carboxylic acids is 1. The van der Waals surface area contributed by atoms with Crippen LogP contribution in [-0.2, 0) is 12.7 Å². The molecule has 0 radical (unpaired) electrons. The van der Waals surface area contributed by atoms with Crippen LogP contribution in [0.25, 0.3) is 0 Å². The lowest BCUT2D eigenvalue weighted by atomic mass is 10.1. The summed E-state index contributed by atoms with van der Waals surface area (Å²) < 4.78 is 43.6. The molecule has 25 heavy (non-hydrogen) atoms. The topological polar surface area (TPSA) is 71.5 Å². The highest BCUT2D eigenvalue weighted by atomic mass is 35.5. The molecule has 2 aromatic rings. The van der Waals surface area contributed by atoms with Crippen molar-refractivity contribution in [3.8, 4) is 0 Å². The smallest absolute Gasteiger partial charge is 0.416 e. The molecule has 140 valence electrons. The Hall–Kier alpha value is -1.90. The number of amides is 1. The Morgan fingerprint density at radius 1 is 1.24 bits per heavy atom. The van der Waals surface area contributed by atoms with E-state index in [2.05, 4.69) is 5.32 Å². The van der Waals surface area contributed by atoms with Crippen LogP contribution in [0.2, 0.25) is 0 Å². The third-order valence-electron chi connectivity index (χ3n) is 3.17. The molecule has 0 aliphatic heterocycles. The fourth-order valence-electron chi connectivity index (χ4n) is 2.00. The molecule has 1 aromatic carbocycles. The lowest BCUT2D eigenvalue weighted by Crippen LogP contribution is -2.17. The molecule has 0 atom stereocenters. The average molecular weight is 400 g/mol. The highest BCUT2D eigenvalue weighted by molar-refractivity contribution is 6.05. The van der Waals surface area contributed by atoms with Crippen LogP contribution in [0.15, 0.2) is 34.9 Å². The van der Waals surface area contributed by atoms with E-state index in [0.717, 1.165) is 12.1 Å². The third kappa shape index (κ3) is 5.55. The summed E-state index contributed by atoms with van der Waals surface area (Å²) in [5.74, 6) is -0.164. The van der Waals surface area contributed by atoms with Gasteiger partial charge >= 0.3 is 6.18 Å². The van der Waals surface area contributed by atoms with Crippen LogP contribution < -0.4 is 16.0 Å². The van der Waals surface area contributed by atoms with Gasteiger partial charge < -0.3 is 20.4 Å². The van der Waals surface area contributed by atoms with Crippen LogP contribution in [0.4, 0.5) is 24.5 Å². The molecule has 0 saturated carbocycles. The average Bonchev–Trinajstić information content (AvgIpc) is 2.95. The molecule has 1 aromatic heterocycles. The summed E-state index contributed by atoms with van der Waals surface area (Å²) in [5.41, 5.74) is 5.25. The Balaban J connectivity index is 0.00000288. The summed E-state index contributed by atoms with van der Waals surface area (Å²) in [6, 6.07) is 4.61. The number of benzene rings is 1. The van der Waals surface area contributed by atoms with Crippen LogP contribution in [0.5, 0.6) is 0 Å². The quantitative estimate of drug-likeness (QED) is 0.816. The Bertz CT molecular complexity index is 718. The van der Waals surface area contributed by atoms with Crippen molar-refractivity contribution in [1.29, 1.82) is 0 Å². The van der Waals surface area contributed by atoms with Crippen molar-refractivity contribution in [2.45, 2.75) is 12.7 Å². The fourth-order valence-corrected chi connectivity index (χ4v) is 2.00. The van der Waals surface area contributed by atoms with Gasteiger partial charge in [0.25, 0.3) is 5.91 Å². The third-order valence-corrected chi connectivity index (χ3v) is 3.17. The standard InChI is InChI=1S/C15H16F3N3O2.2ClH/c1-21(2)13-4-3-10(15(16,17)18)6-12(13)20-14(22)9-5-11(7-19)23-8-9;;/h3-6,8H,7,19H2,1-2H3,(H,20,22);2*1H. The van der Waals surface area contributed by atoms with E-state index in [9.17, 15) is 18.0 Å². The van der Waals surface area contributed by atoms with Crippen molar-refractivity contribution in [2.24, 2.45) is 5.73 Å². The van der Waals surface area contributed by atoms with Gasteiger partial charge in [-0.15, -0.1) is 24.8 Å². The second-order valence-electron chi connectivity index (χ2n) is 5.08. The number of nitrogens with two attached hydrogens (primary N) is 1. The van der Waals surface area contributed by atoms with Gasteiger partial charge in [0.05, 0.1) is 29.0 Å². The Kier molecular flexibility index (Phi) is 8.30. The normalized spacial score (nSPS) is 10.5. The van der Waals surface area contributed by atoms with Gasteiger partial charge in [-0.3, -0.25) is 4.79 Å². The molecule has 0 unspecified atom stereocenters. The molecule has 1 heterocycles. The molecule has 0 spiro atoms. The maximum Gasteiger partial charge on any atom is 0.416 e. The van der Waals surface area contributed by atoms with Crippen molar-refractivity contribution in [1.82, 2.24) is 0 Å². The van der Waals surface area contributed by atoms with E-state index < -0.39 is 17.6 Å². The van der Waals surface area contributed by atoms with E-state index in [1.54, 1.807) is 19.0 Å². The van der Waals surface area contributed by atoms with Gasteiger partial charge in [-0.05, 0) is 24.3 Å². The molecule has 3 N–H and O–H groups in total. The summed E-state index contributed by atoms with van der Waals surface area (Å²) in [7, 11) is 3.34. The molecule has 0 aliphatic rings. The molecular weight excluding hydrogens is 382 g/mol. The largest absolute Gasteiger partial charge is 0.467 e. The van der Waals surface area contributed by atoms with E-state index in [0.29, 0.717) is 11.4 Å². The van der Waals surface area contributed by atoms with Gasteiger partial charge in [0.15, 0.2) is 0 Å². The van der Waals surface area contributed by atoms with Crippen molar-refractivity contribution >= 4 is 42.1 Å². The molecular formula is C15H18Cl2F3N3O2. The number of alkyl halides is 3. The molecule has 2 rings (SSSR count). The van der Waals surface area contributed by atoms with Crippen LogP contribution in [-0.4, -0.2) is 20.0 Å². The molecule has 0 fully saturated rings. The second kappa shape index (κ2) is 8.98. The minimum absolute atomic E-state index is 0. The Morgan fingerprint density at radius 3 is 2.36 bits per heavy atom. The molecule has 10 heteroatoms. The van der Waals surface area contributed by atoms with Gasteiger partial charge in [0, 0.05) is 14.1 Å². The van der Waals surface area contributed by atoms with Gasteiger partial charge in [0.2, 0.25) is 0 Å². The first-order chi connectivity index (χ1) is 10.7. The maximum atomic E-state index is 12.9. The zero-order valence-corrected chi connectivity index (χ0v) is 15.0. The lowest BCUT2D eigenvalue weighted by molar-refractivity contribution is -0.137. The van der Waals surface area contributed by atoms with E-state index in [4.69, 9.17) is 10.2 Å². The lowest BCUT2D eigenvalue weighted by Gasteiger charge is -2.19. The number of carbonyl (C=O) groups is 1. The predicted octanol–water partition coefficient (Wildman–Crippen LogP) is 3.92. The summed E-state index contributed by atoms with van der Waals surface area (Å²) in [5, 5.41) is 2.48. The van der Waals surface area contributed by atoms with E-state index in [1.807, 2.05) is 0 Å². The number of nitrogens with one attached hydrogen (secondary N) is 1. The van der Waals surface area contributed by atoms with Gasteiger partial charge in [-0.25, -0.2) is 0 Å². The zero-order chi connectivity index (χ0) is 17.2. The zero-order valence-electron chi connectivity index (χ0n) is 13.4. The SMILES string of the molecule is CN(C)c1ccc(C(F)(F)F)cc1NC(=O)c1coc(CN)c1.Cl.Cl. The minimum atomic E-state index is -4.49. The van der Waals surface area contributed by atoms with Crippen molar-refractivity contribution in [3.05, 3.63) is 47.4 Å². The van der Waals surface area contributed by atoms with Crippen molar-refractivity contribution in [3.63, 3.8) is 0 Å². The summed E-state index contributed by atoms with van der Waals surface area (Å²) in [4.78, 5) is 13.8. The maximum absolute atomic E-state index is 12.9. The van der Waals surface area contributed by atoms with Crippen LogP contribution in [0.3, 0.4) is 0 Å². The monoisotopic (exact) mass is 399 g/mol. The van der Waals surface area contributed by atoms with Crippen molar-refractivity contribution < 1.29 is 22.4 Å². The van der Waals surface area contributed by atoms with Crippen LogP contribution >= 0.6 is 24.8 Å². The number of anilines is 2. The number of rotatable bonds is 4. The van der Waals surface area contributed by atoms with Crippen LogP contribution in [0.1, 0.15) is 21.7 Å². The summed E-state index contributed by atoms with van der Waals surface area (Å²) in [6.45, 7) is 0.125.